The molecule has 1 amide bonds. The molecule has 1 aromatic rings. The molecule has 0 aliphatic heterocycles. The molecule has 0 unspecified atom stereocenters. The molecule has 4 heteroatoms. The number of nitrogens with zero attached hydrogens (tertiary/aromatic N) is 1. The number of thiophene rings is 1. The van der Waals surface area contributed by atoms with Gasteiger partial charge in [0, 0.05) is 6.42 Å². The summed E-state index contributed by atoms with van der Waals surface area (Å²) in [6, 6.07) is 4.23. The Bertz CT molecular complexity index is 439. The van der Waals surface area contributed by atoms with Crippen molar-refractivity contribution in [3.8, 4) is 6.07 Å². The van der Waals surface area contributed by atoms with Gasteiger partial charge < -0.3 is 5.32 Å². The van der Waals surface area contributed by atoms with E-state index in [2.05, 4.69) is 11.4 Å². The van der Waals surface area contributed by atoms with Gasteiger partial charge in [0.05, 0.1) is 6.07 Å². The van der Waals surface area contributed by atoms with Crippen LogP contribution in [0.3, 0.4) is 0 Å². The lowest BCUT2D eigenvalue weighted by molar-refractivity contribution is -0.123. The number of nitrogens with one attached hydrogen (secondary N) is 1. The number of hydrogen-bond donors (Lipinski definition) is 1. The van der Waals surface area contributed by atoms with E-state index in [1.54, 1.807) is 18.3 Å². The van der Waals surface area contributed by atoms with E-state index in [1.807, 2.05) is 37.6 Å². The molecule has 0 radical (unpaired) electrons. The number of nitriles is 1. The van der Waals surface area contributed by atoms with Crippen molar-refractivity contribution in [1.82, 2.24) is 5.32 Å². The molecule has 1 atom stereocenters. The van der Waals surface area contributed by atoms with E-state index in [0.29, 0.717) is 6.42 Å². The fourth-order valence-corrected chi connectivity index (χ4v) is 2.12. The Morgan fingerprint density at radius 1 is 1.44 bits per heavy atom. The average molecular weight is 264 g/mol. The van der Waals surface area contributed by atoms with Crippen molar-refractivity contribution in [2.24, 2.45) is 5.41 Å². The minimum atomic E-state index is -0.835. The summed E-state index contributed by atoms with van der Waals surface area (Å²) in [5.74, 6) is -0.0693. The van der Waals surface area contributed by atoms with Gasteiger partial charge in [-0.2, -0.15) is 16.6 Å². The smallest absolute Gasteiger partial charge is 0.221 e. The van der Waals surface area contributed by atoms with Gasteiger partial charge in [-0.25, -0.2) is 0 Å². The summed E-state index contributed by atoms with van der Waals surface area (Å²) in [5.41, 5.74) is 0.0444. The van der Waals surface area contributed by atoms with Gasteiger partial charge in [-0.15, -0.1) is 0 Å². The summed E-state index contributed by atoms with van der Waals surface area (Å²) in [6.07, 6.45) is 1.14. The second-order valence-electron chi connectivity index (χ2n) is 5.67. The molecule has 0 fully saturated rings. The molecule has 0 spiro atoms. The lowest BCUT2D eigenvalue weighted by atomic mass is 9.76. The van der Waals surface area contributed by atoms with Crippen molar-refractivity contribution in [3.05, 3.63) is 22.4 Å². The fraction of sp³-hybridized carbons (Fsp3) is 0.571. The number of aryl methyl sites for hydroxylation is 1. The Kier molecular flexibility index (Phi) is 4.53. The first kappa shape index (κ1) is 14.7. The molecule has 98 valence electrons. The minimum Gasteiger partial charge on any atom is -0.338 e. The molecule has 1 aromatic heterocycles. The van der Waals surface area contributed by atoms with Gasteiger partial charge in [-0.1, -0.05) is 20.8 Å². The predicted octanol–water partition coefficient (Wildman–Crippen LogP) is 3.13. The van der Waals surface area contributed by atoms with Crippen molar-refractivity contribution in [2.45, 2.75) is 46.1 Å². The highest BCUT2D eigenvalue weighted by molar-refractivity contribution is 7.07. The van der Waals surface area contributed by atoms with Gasteiger partial charge in [0.25, 0.3) is 0 Å². The SMILES string of the molecule is CC(C)(C)[C@@](C)(C#N)NC(=O)CCc1ccsc1. The summed E-state index contributed by atoms with van der Waals surface area (Å²) >= 11 is 1.63. The molecular formula is C14H20N2OS. The van der Waals surface area contributed by atoms with Crippen LogP contribution in [-0.2, 0) is 11.2 Å². The highest BCUT2D eigenvalue weighted by atomic mass is 32.1. The molecule has 1 heterocycles. The molecule has 3 nitrogen and oxygen atoms in total. The largest absolute Gasteiger partial charge is 0.338 e. The van der Waals surface area contributed by atoms with Gasteiger partial charge in [0.1, 0.15) is 5.54 Å². The van der Waals surface area contributed by atoms with Crippen LogP contribution in [0.4, 0.5) is 0 Å². The van der Waals surface area contributed by atoms with Crippen LogP contribution in [0.1, 0.15) is 39.7 Å². The van der Waals surface area contributed by atoms with E-state index in [-0.39, 0.29) is 11.3 Å². The lowest BCUT2D eigenvalue weighted by Crippen LogP contribution is -2.53. The first-order chi connectivity index (χ1) is 8.28. The van der Waals surface area contributed by atoms with E-state index in [9.17, 15) is 10.1 Å². The van der Waals surface area contributed by atoms with Crippen molar-refractivity contribution >= 4 is 17.2 Å². The highest BCUT2D eigenvalue weighted by Crippen LogP contribution is 2.29. The Balaban J connectivity index is 2.56. The third kappa shape index (κ3) is 3.58. The van der Waals surface area contributed by atoms with Gasteiger partial charge in [-0.05, 0) is 41.1 Å². The van der Waals surface area contributed by atoms with Crippen LogP contribution in [0.5, 0.6) is 0 Å². The zero-order valence-corrected chi connectivity index (χ0v) is 12.2. The normalized spacial score (nSPS) is 14.6. The monoisotopic (exact) mass is 264 g/mol. The molecule has 0 saturated heterocycles. The zero-order chi connectivity index (χ0) is 13.8. The number of hydrogen-bond acceptors (Lipinski definition) is 3. The molecule has 0 aliphatic rings. The van der Waals surface area contributed by atoms with Crippen LogP contribution in [0.25, 0.3) is 0 Å². The standard InChI is InChI=1S/C14H20N2OS/c1-13(2,3)14(4,10-15)16-12(17)6-5-11-7-8-18-9-11/h7-9H,5-6H2,1-4H3,(H,16,17)/t14-/m1/s1. The number of carbonyl (C=O) groups excluding carboxylic acids is 1. The van der Waals surface area contributed by atoms with Crippen LogP contribution < -0.4 is 5.32 Å². The van der Waals surface area contributed by atoms with Crippen molar-refractivity contribution < 1.29 is 4.79 Å². The van der Waals surface area contributed by atoms with E-state index < -0.39 is 5.54 Å². The number of rotatable bonds is 4. The molecule has 0 saturated carbocycles. The maximum Gasteiger partial charge on any atom is 0.221 e. The second-order valence-corrected chi connectivity index (χ2v) is 6.45. The Morgan fingerprint density at radius 2 is 2.11 bits per heavy atom. The Hall–Kier alpha value is -1.34. The quantitative estimate of drug-likeness (QED) is 0.908. The third-order valence-corrected chi connectivity index (χ3v) is 4.07. The van der Waals surface area contributed by atoms with Crippen LogP contribution in [0, 0.1) is 16.7 Å². The van der Waals surface area contributed by atoms with Crippen molar-refractivity contribution in [1.29, 1.82) is 5.26 Å². The summed E-state index contributed by atoms with van der Waals surface area (Å²) in [6.45, 7) is 7.63. The first-order valence-electron chi connectivity index (χ1n) is 6.02. The maximum absolute atomic E-state index is 11.9. The molecule has 0 aromatic carbocycles. The van der Waals surface area contributed by atoms with E-state index >= 15 is 0 Å². The average Bonchev–Trinajstić information content (AvgIpc) is 2.77. The van der Waals surface area contributed by atoms with E-state index in [1.165, 1.54) is 5.56 Å². The number of amides is 1. The molecule has 0 bridgehead atoms. The topological polar surface area (TPSA) is 52.9 Å². The third-order valence-electron chi connectivity index (χ3n) is 3.33. The predicted molar refractivity (Wildman–Crippen MR) is 74.3 cm³/mol. The van der Waals surface area contributed by atoms with E-state index in [0.717, 1.165) is 6.42 Å². The molecule has 1 N–H and O–H groups in total. The summed E-state index contributed by atoms with van der Waals surface area (Å²) in [7, 11) is 0. The molecule has 18 heavy (non-hydrogen) atoms. The zero-order valence-electron chi connectivity index (χ0n) is 11.4. The van der Waals surface area contributed by atoms with Crippen LogP contribution in [-0.4, -0.2) is 11.4 Å². The summed E-state index contributed by atoms with van der Waals surface area (Å²) < 4.78 is 0. The first-order valence-corrected chi connectivity index (χ1v) is 6.96. The van der Waals surface area contributed by atoms with Gasteiger partial charge >= 0.3 is 0 Å². The summed E-state index contributed by atoms with van der Waals surface area (Å²) in [5, 5.41) is 16.2. The Labute approximate surface area is 113 Å². The van der Waals surface area contributed by atoms with E-state index in [4.69, 9.17) is 0 Å². The highest BCUT2D eigenvalue weighted by Gasteiger charge is 2.38. The van der Waals surface area contributed by atoms with Crippen molar-refractivity contribution in [3.63, 3.8) is 0 Å². The fourth-order valence-electron chi connectivity index (χ4n) is 1.42. The summed E-state index contributed by atoms with van der Waals surface area (Å²) in [4.78, 5) is 11.9. The molecule has 0 aliphatic carbocycles. The van der Waals surface area contributed by atoms with Gasteiger partial charge in [0.2, 0.25) is 5.91 Å². The van der Waals surface area contributed by atoms with Gasteiger partial charge in [0.15, 0.2) is 0 Å². The lowest BCUT2D eigenvalue weighted by Gasteiger charge is -2.36. The maximum atomic E-state index is 11.9. The van der Waals surface area contributed by atoms with Gasteiger partial charge in [-0.3, -0.25) is 4.79 Å². The Morgan fingerprint density at radius 3 is 2.56 bits per heavy atom. The van der Waals surface area contributed by atoms with Crippen LogP contribution >= 0.6 is 11.3 Å². The van der Waals surface area contributed by atoms with Crippen LogP contribution in [0.2, 0.25) is 0 Å². The molecule has 1 rings (SSSR count). The van der Waals surface area contributed by atoms with Crippen LogP contribution in [0.15, 0.2) is 16.8 Å². The number of carbonyl (C=O) groups is 1. The minimum absolute atomic E-state index is 0.0693. The second kappa shape index (κ2) is 5.53. The molecular weight excluding hydrogens is 244 g/mol. The van der Waals surface area contributed by atoms with Crippen molar-refractivity contribution in [2.75, 3.05) is 0 Å².